The number of thiophene rings is 1. The van der Waals surface area contributed by atoms with Crippen LogP contribution in [0.4, 0.5) is 0 Å². The van der Waals surface area contributed by atoms with Gasteiger partial charge in [-0.3, -0.25) is 5.10 Å². The maximum Gasteiger partial charge on any atom is 0.107 e. The second-order valence-corrected chi connectivity index (χ2v) is 4.38. The van der Waals surface area contributed by atoms with Gasteiger partial charge in [0.2, 0.25) is 0 Å². The summed E-state index contributed by atoms with van der Waals surface area (Å²) in [5.41, 5.74) is 3.52. The lowest BCUT2D eigenvalue weighted by Crippen LogP contribution is -2.12. The lowest BCUT2D eigenvalue weighted by atomic mass is 10.1. The monoisotopic (exact) mass is 221 g/mol. The van der Waals surface area contributed by atoms with Crippen LogP contribution in [0.5, 0.6) is 0 Å². The van der Waals surface area contributed by atoms with Crippen LogP contribution in [-0.4, -0.2) is 16.7 Å². The zero-order valence-corrected chi connectivity index (χ0v) is 9.82. The van der Waals surface area contributed by atoms with Crippen molar-refractivity contribution in [3.8, 4) is 10.6 Å². The number of aromatic nitrogens is 2. The lowest BCUT2D eigenvalue weighted by Gasteiger charge is -2.02. The lowest BCUT2D eigenvalue weighted by molar-refractivity contribution is 0.725. The highest BCUT2D eigenvalue weighted by Crippen LogP contribution is 2.27. The Morgan fingerprint density at radius 2 is 2.40 bits per heavy atom. The molecule has 0 unspecified atom stereocenters. The van der Waals surface area contributed by atoms with Gasteiger partial charge in [0.25, 0.3) is 0 Å². The summed E-state index contributed by atoms with van der Waals surface area (Å²) in [5, 5.41) is 12.8. The maximum absolute atomic E-state index is 4.36. The molecule has 2 N–H and O–H groups in total. The van der Waals surface area contributed by atoms with Crippen molar-refractivity contribution < 1.29 is 0 Å². The Balaban J connectivity index is 2.31. The third-order valence-electron chi connectivity index (χ3n) is 2.38. The van der Waals surface area contributed by atoms with E-state index in [0.29, 0.717) is 0 Å². The number of aryl methyl sites for hydroxylation is 1. The molecule has 0 fully saturated rings. The first-order valence-corrected chi connectivity index (χ1v) is 5.99. The molecule has 3 nitrogen and oxygen atoms in total. The molecule has 80 valence electrons. The molecule has 0 spiro atoms. The Kier molecular flexibility index (Phi) is 3.18. The molecule has 4 heteroatoms. The average Bonchev–Trinajstić information content (AvgIpc) is 2.84. The number of nitrogens with one attached hydrogen (secondary N) is 2. The van der Waals surface area contributed by atoms with Gasteiger partial charge in [-0.2, -0.15) is 5.10 Å². The van der Waals surface area contributed by atoms with Crippen molar-refractivity contribution in [1.82, 2.24) is 15.5 Å². The number of H-pyrrole nitrogens is 1. The number of aromatic amines is 1. The van der Waals surface area contributed by atoms with E-state index in [1.807, 2.05) is 0 Å². The Hall–Kier alpha value is -1.13. The van der Waals surface area contributed by atoms with Gasteiger partial charge in [0, 0.05) is 17.8 Å². The summed E-state index contributed by atoms with van der Waals surface area (Å²) >= 11 is 1.73. The van der Waals surface area contributed by atoms with Crippen LogP contribution in [0.3, 0.4) is 0 Å². The average molecular weight is 221 g/mol. The molecular formula is C11H15N3S. The van der Waals surface area contributed by atoms with Crippen molar-refractivity contribution in [2.75, 3.05) is 6.54 Å². The normalized spacial score (nSPS) is 10.8. The van der Waals surface area contributed by atoms with Gasteiger partial charge in [-0.25, -0.2) is 0 Å². The summed E-state index contributed by atoms with van der Waals surface area (Å²) in [4.78, 5) is 1.23. The minimum atomic E-state index is 0.881. The van der Waals surface area contributed by atoms with E-state index in [9.17, 15) is 0 Å². The van der Waals surface area contributed by atoms with Crippen molar-refractivity contribution in [3.05, 3.63) is 28.8 Å². The molecule has 2 aromatic rings. The molecule has 0 aliphatic heterocycles. The van der Waals surface area contributed by atoms with E-state index in [1.165, 1.54) is 10.4 Å². The summed E-state index contributed by atoms with van der Waals surface area (Å²) in [6, 6.07) is 4.16. The Morgan fingerprint density at radius 3 is 3.07 bits per heavy atom. The molecule has 2 heterocycles. The van der Waals surface area contributed by atoms with Crippen LogP contribution in [0, 0.1) is 6.92 Å². The van der Waals surface area contributed by atoms with Crippen molar-refractivity contribution >= 4 is 11.3 Å². The first kappa shape index (κ1) is 10.4. The summed E-state index contributed by atoms with van der Waals surface area (Å²) in [6.45, 7) is 6.04. The molecule has 0 amide bonds. The van der Waals surface area contributed by atoms with E-state index in [4.69, 9.17) is 0 Å². The van der Waals surface area contributed by atoms with E-state index in [2.05, 4.69) is 46.9 Å². The fourth-order valence-corrected chi connectivity index (χ4v) is 2.28. The van der Waals surface area contributed by atoms with Crippen LogP contribution in [0.25, 0.3) is 10.6 Å². The van der Waals surface area contributed by atoms with E-state index in [-0.39, 0.29) is 0 Å². The highest BCUT2D eigenvalue weighted by Gasteiger charge is 2.11. The fourth-order valence-electron chi connectivity index (χ4n) is 1.54. The van der Waals surface area contributed by atoms with Crippen LogP contribution in [0.2, 0.25) is 0 Å². The summed E-state index contributed by atoms with van der Waals surface area (Å²) in [6.07, 6.45) is 0. The summed E-state index contributed by atoms with van der Waals surface area (Å²) < 4.78 is 0. The molecule has 0 saturated heterocycles. The van der Waals surface area contributed by atoms with E-state index >= 15 is 0 Å². The molecule has 0 atom stereocenters. The van der Waals surface area contributed by atoms with Gasteiger partial charge in [0.05, 0.1) is 4.88 Å². The molecule has 0 aliphatic rings. The van der Waals surface area contributed by atoms with Crippen molar-refractivity contribution in [2.45, 2.75) is 20.4 Å². The molecule has 2 rings (SSSR count). The third-order valence-corrected chi connectivity index (χ3v) is 3.26. The van der Waals surface area contributed by atoms with Gasteiger partial charge < -0.3 is 5.32 Å². The van der Waals surface area contributed by atoms with Gasteiger partial charge in [0.15, 0.2) is 0 Å². The van der Waals surface area contributed by atoms with Gasteiger partial charge in [-0.05, 0) is 24.9 Å². The number of nitrogens with zero attached hydrogens (tertiary/aromatic N) is 1. The zero-order chi connectivity index (χ0) is 10.7. The van der Waals surface area contributed by atoms with E-state index in [1.54, 1.807) is 11.3 Å². The van der Waals surface area contributed by atoms with Crippen LogP contribution in [0.15, 0.2) is 17.5 Å². The predicted molar refractivity (Wildman–Crippen MR) is 64.0 cm³/mol. The minimum absolute atomic E-state index is 0.881. The Morgan fingerprint density at radius 1 is 1.53 bits per heavy atom. The standard InChI is InChI=1S/C11H15N3S/c1-3-12-7-9-8(2)13-14-11(9)10-5-4-6-15-10/h4-6,12H,3,7H2,1-2H3,(H,13,14). The Labute approximate surface area is 93.5 Å². The van der Waals surface area contributed by atoms with Crippen LogP contribution >= 0.6 is 11.3 Å². The van der Waals surface area contributed by atoms with Crippen molar-refractivity contribution in [2.24, 2.45) is 0 Å². The maximum atomic E-state index is 4.36. The zero-order valence-electron chi connectivity index (χ0n) is 9.00. The molecule has 2 aromatic heterocycles. The van der Waals surface area contributed by atoms with E-state index < -0.39 is 0 Å². The van der Waals surface area contributed by atoms with Crippen LogP contribution < -0.4 is 5.32 Å². The highest BCUT2D eigenvalue weighted by molar-refractivity contribution is 7.13. The largest absolute Gasteiger partial charge is 0.313 e. The minimum Gasteiger partial charge on any atom is -0.313 e. The molecule has 0 saturated carbocycles. The second-order valence-electron chi connectivity index (χ2n) is 3.43. The second kappa shape index (κ2) is 4.59. The molecule has 0 aromatic carbocycles. The molecule has 0 radical (unpaired) electrons. The number of hydrogen-bond donors (Lipinski definition) is 2. The first-order valence-electron chi connectivity index (χ1n) is 5.11. The topological polar surface area (TPSA) is 40.7 Å². The first-order chi connectivity index (χ1) is 7.33. The fraction of sp³-hybridized carbons (Fsp3) is 0.364. The highest BCUT2D eigenvalue weighted by atomic mass is 32.1. The molecule has 0 bridgehead atoms. The smallest absolute Gasteiger partial charge is 0.107 e. The van der Waals surface area contributed by atoms with E-state index in [0.717, 1.165) is 24.5 Å². The van der Waals surface area contributed by atoms with Gasteiger partial charge in [-0.15, -0.1) is 11.3 Å². The van der Waals surface area contributed by atoms with Crippen molar-refractivity contribution in [1.29, 1.82) is 0 Å². The third kappa shape index (κ3) is 2.11. The predicted octanol–water partition coefficient (Wildman–Crippen LogP) is 2.56. The number of rotatable bonds is 4. The van der Waals surface area contributed by atoms with Gasteiger partial charge >= 0.3 is 0 Å². The molecule has 0 aliphatic carbocycles. The molecule has 15 heavy (non-hydrogen) atoms. The SMILES string of the molecule is CCNCc1c(-c2cccs2)n[nH]c1C. The Bertz CT molecular complexity index is 417. The van der Waals surface area contributed by atoms with Gasteiger partial charge in [0.1, 0.15) is 5.69 Å². The summed E-state index contributed by atoms with van der Waals surface area (Å²) in [5.74, 6) is 0. The number of hydrogen-bond acceptors (Lipinski definition) is 3. The van der Waals surface area contributed by atoms with Gasteiger partial charge in [-0.1, -0.05) is 13.0 Å². The molecular weight excluding hydrogens is 206 g/mol. The van der Waals surface area contributed by atoms with Crippen LogP contribution in [0.1, 0.15) is 18.2 Å². The quantitative estimate of drug-likeness (QED) is 0.833. The van der Waals surface area contributed by atoms with Crippen LogP contribution in [-0.2, 0) is 6.54 Å². The summed E-state index contributed by atoms with van der Waals surface area (Å²) in [7, 11) is 0. The van der Waals surface area contributed by atoms with Crippen molar-refractivity contribution in [3.63, 3.8) is 0 Å².